The summed E-state index contributed by atoms with van der Waals surface area (Å²) in [5.74, 6) is 0.149. The molecular weight excluding hydrogens is 348 g/mol. The van der Waals surface area contributed by atoms with Crippen LogP contribution in [0.4, 0.5) is 10.7 Å². The van der Waals surface area contributed by atoms with Gasteiger partial charge in [0.2, 0.25) is 5.95 Å². The second-order valence-electron chi connectivity index (χ2n) is 6.43. The van der Waals surface area contributed by atoms with Gasteiger partial charge in [-0.15, -0.1) is 0 Å². The first-order valence-corrected chi connectivity index (χ1v) is 9.11. The van der Waals surface area contributed by atoms with E-state index in [-0.39, 0.29) is 28.7 Å². The van der Waals surface area contributed by atoms with Gasteiger partial charge in [-0.05, 0) is 30.5 Å². The van der Waals surface area contributed by atoms with E-state index in [0.717, 1.165) is 25.7 Å². The summed E-state index contributed by atoms with van der Waals surface area (Å²) < 4.78 is 0. The third-order valence-electron chi connectivity index (χ3n) is 4.32. The minimum Gasteiger partial charge on any atom is -0.508 e. The molecule has 0 aliphatic heterocycles. The Bertz CT molecular complexity index is 835. The number of phenolic OH excluding ortho intramolecular Hbond substituents is 2. The van der Waals surface area contributed by atoms with Crippen molar-refractivity contribution in [3.8, 4) is 22.8 Å². The van der Waals surface area contributed by atoms with Gasteiger partial charge in [-0.25, -0.2) is 9.78 Å². The van der Waals surface area contributed by atoms with Gasteiger partial charge in [0.25, 0.3) is 5.56 Å². The quantitative estimate of drug-likeness (QED) is 0.453. The first kappa shape index (κ1) is 20.3. The Morgan fingerprint density at radius 2 is 2.04 bits per heavy atom. The van der Waals surface area contributed by atoms with Crippen LogP contribution < -0.4 is 16.2 Å². The Kier molecular flexibility index (Phi) is 7.22. The molecule has 2 aromatic rings. The van der Waals surface area contributed by atoms with Crippen molar-refractivity contribution < 1.29 is 15.0 Å². The summed E-state index contributed by atoms with van der Waals surface area (Å²) in [5.41, 5.74) is -0.167. The molecule has 0 bridgehead atoms. The summed E-state index contributed by atoms with van der Waals surface area (Å²) in [6.07, 6.45) is 4.25. The molecule has 0 saturated carbocycles. The number of benzene rings is 1. The van der Waals surface area contributed by atoms with Crippen LogP contribution in [0.2, 0.25) is 0 Å². The molecule has 8 nitrogen and oxygen atoms in total. The van der Waals surface area contributed by atoms with E-state index in [1.54, 1.807) is 0 Å². The van der Waals surface area contributed by atoms with Crippen molar-refractivity contribution in [2.45, 2.75) is 39.5 Å². The number of hydrogen-bond acceptors (Lipinski definition) is 5. The standard InChI is InChI=1S/C19H26N4O4/c1-3-5-6-12(4-2)11-20-19(27)23-18-21-15(10-17(26)22-18)14-9-13(24)7-8-16(14)25/h7-10,12,24-25H,3-6,11H2,1-2H3,(H3,20,21,22,23,26,27). The summed E-state index contributed by atoms with van der Waals surface area (Å²) >= 11 is 0. The summed E-state index contributed by atoms with van der Waals surface area (Å²) in [5, 5.41) is 24.8. The van der Waals surface area contributed by atoms with Gasteiger partial charge in [0.1, 0.15) is 11.5 Å². The fourth-order valence-corrected chi connectivity index (χ4v) is 2.72. The first-order chi connectivity index (χ1) is 12.9. The van der Waals surface area contributed by atoms with Crippen LogP contribution in [-0.4, -0.2) is 32.8 Å². The lowest BCUT2D eigenvalue weighted by Gasteiger charge is -2.15. The smallest absolute Gasteiger partial charge is 0.321 e. The van der Waals surface area contributed by atoms with Gasteiger partial charge in [0.15, 0.2) is 0 Å². The zero-order valence-electron chi connectivity index (χ0n) is 15.6. The SMILES string of the molecule is CCCCC(CC)CNC(=O)Nc1nc(-c2cc(O)ccc2O)cc(=O)[nH]1. The Hall–Kier alpha value is -3.03. The predicted molar refractivity (Wildman–Crippen MR) is 104 cm³/mol. The fourth-order valence-electron chi connectivity index (χ4n) is 2.72. The molecule has 8 heteroatoms. The van der Waals surface area contributed by atoms with E-state index in [1.807, 2.05) is 0 Å². The van der Waals surface area contributed by atoms with Crippen molar-refractivity contribution in [2.75, 3.05) is 11.9 Å². The van der Waals surface area contributed by atoms with Crippen LogP contribution in [0, 0.1) is 5.92 Å². The molecule has 146 valence electrons. The molecule has 0 saturated heterocycles. The number of nitrogens with one attached hydrogen (secondary N) is 3. The monoisotopic (exact) mass is 374 g/mol. The van der Waals surface area contributed by atoms with Gasteiger partial charge in [-0.3, -0.25) is 15.1 Å². The average molecular weight is 374 g/mol. The number of aromatic amines is 1. The fraction of sp³-hybridized carbons (Fsp3) is 0.421. The van der Waals surface area contributed by atoms with E-state index in [4.69, 9.17) is 0 Å². The zero-order valence-corrected chi connectivity index (χ0v) is 15.6. The maximum Gasteiger partial charge on any atom is 0.321 e. The number of aromatic nitrogens is 2. The third-order valence-corrected chi connectivity index (χ3v) is 4.32. The number of hydrogen-bond donors (Lipinski definition) is 5. The van der Waals surface area contributed by atoms with E-state index in [9.17, 15) is 19.8 Å². The van der Waals surface area contributed by atoms with E-state index in [2.05, 4.69) is 34.4 Å². The highest BCUT2D eigenvalue weighted by molar-refractivity contribution is 5.87. The Morgan fingerprint density at radius 3 is 2.74 bits per heavy atom. The maximum atomic E-state index is 12.1. The summed E-state index contributed by atoms with van der Waals surface area (Å²) in [4.78, 5) is 30.6. The minimum atomic E-state index is -0.493. The van der Waals surface area contributed by atoms with E-state index >= 15 is 0 Å². The van der Waals surface area contributed by atoms with E-state index in [1.165, 1.54) is 24.3 Å². The summed E-state index contributed by atoms with van der Waals surface area (Å²) in [6.45, 7) is 4.76. The van der Waals surface area contributed by atoms with Crippen molar-refractivity contribution in [2.24, 2.45) is 5.92 Å². The van der Waals surface area contributed by atoms with Crippen LogP contribution in [0.5, 0.6) is 11.5 Å². The lowest BCUT2D eigenvalue weighted by molar-refractivity contribution is 0.249. The highest BCUT2D eigenvalue weighted by Crippen LogP contribution is 2.30. The topological polar surface area (TPSA) is 127 Å². The number of anilines is 1. The maximum absolute atomic E-state index is 12.1. The Labute approximate surface area is 157 Å². The van der Waals surface area contributed by atoms with Gasteiger partial charge in [-0.2, -0.15) is 0 Å². The summed E-state index contributed by atoms with van der Waals surface area (Å²) in [7, 11) is 0. The Balaban J connectivity index is 2.09. The number of carbonyl (C=O) groups excluding carboxylic acids is 1. The second kappa shape index (κ2) is 9.61. The number of phenols is 2. The molecule has 1 aromatic heterocycles. The van der Waals surface area contributed by atoms with E-state index < -0.39 is 11.6 Å². The third kappa shape index (κ3) is 6.02. The van der Waals surface area contributed by atoms with Crippen LogP contribution in [-0.2, 0) is 0 Å². The lowest BCUT2D eigenvalue weighted by Crippen LogP contribution is -2.34. The first-order valence-electron chi connectivity index (χ1n) is 9.11. The summed E-state index contributed by atoms with van der Waals surface area (Å²) in [6, 6.07) is 4.62. The van der Waals surface area contributed by atoms with Gasteiger partial charge in [0, 0.05) is 18.2 Å². The molecule has 0 aliphatic carbocycles. The largest absolute Gasteiger partial charge is 0.508 e. The number of rotatable bonds is 8. The molecule has 2 rings (SSSR count). The molecule has 1 heterocycles. The molecule has 1 atom stereocenters. The normalized spacial score (nSPS) is 11.8. The minimum absolute atomic E-state index is 0.0423. The van der Waals surface area contributed by atoms with Gasteiger partial charge < -0.3 is 15.5 Å². The molecule has 27 heavy (non-hydrogen) atoms. The average Bonchev–Trinajstić information content (AvgIpc) is 2.63. The number of amides is 2. The van der Waals surface area contributed by atoms with Crippen LogP contribution in [0.1, 0.15) is 39.5 Å². The zero-order chi connectivity index (χ0) is 19.8. The van der Waals surface area contributed by atoms with Crippen LogP contribution >= 0.6 is 0 Å². The second-order valence-corrected chi connectivity index (χ2v) is 6.43. The molecule has 0 spiro atoms. The number of nitrogens with zero attached hydrogens (tertiary/aromatic N) is 1. The molecular formula is C19H26N4O4. The predicted octanol–water partition coefficient (Wildman–Crippen LogP) is 3.19. The van der Waals surface area contributed by atoms with Crippen molar-refractivity contribution in [3.05, 3.63) is 34.6 Å². The van der Waals surface area contributed by atoms with Crippen LogP contribution in [0.25, 0.3) is 11.3 Å². The number of carbonyl (C=O) groups is 1. The molecule has 2 amide bonds. The molecule has 5 N–H and O–H groups in total. The number of H-pyrrole nitrogens is 1. The number of aromatic hydroxyl groups is 2. The highest BCUT2D eigenvalue weighted by atomic mass is 16.3. The lowest BCUT2D eigenvalue weighted by atomic mass is 9.99. The van der Waals surface area contributed by atoms with Gasteiger partial charge >= 0.3 is 6.03 Å². The molecule has 0 radical (unpaired) electrons. The molecule has 1 aromatic carbocycles. The van der Waals surface area contributed by atoms with Crippen molar-refractivity contribution >= 4 is 12.0 Å². The van der Waals surface area contributed by atoms with Crippen LogP contribution in [0.15, 0.2) is 29.1 Å². The van der Waals surface area contributed by atoms with Gasteiger partial charge in [0.05, 0.1) is 5.69 Å². The number of unbranched alkanes of at least 4 members (excludes halogenated alkanes) is 1. The highest BCUT2D eigenvalue weighted by Gasteiger charge is 2.12. The molecule has 0 fully saturated rings. The Morgan fingerprint density at radius 1 is 1.26 bits per heavy atom. The molecule has 1 unspecified atom stereocenters. The van der Waals surface area contributed by atoms with Crippen molar-refractivity contribution in [1.82, 2.24) is 15.3 Å². The van der Waals surface area contributed by atoms with Crippen molar-refractivity contribution in [1.29, 1.82) is 0 Å². The van der Waals surface area contributed by atoms with Crippen LogP contribution in [0.3, 0.4) is 0 Å². The number of urea groups is 1. The van der Waals surface area contributed by atoms with E-state index in [0.29, 0.717) is 12.5 Å². The molecule has 0 aliphatic rings. The van der Waals surface area contributed by atoms with Crippen molar-refractivity contribution in [3.63, 3.8) is 0 Å². The van der Waals surface area contributed by atoms with Gasteiger partial charge in [-0.1, -0.05) is 33.1 Å².